The molecule has 1 aliphatic rings. The second-order valence-electron chi connectivity index (χ2n) is 7.39. The number of piperidine rings is 1. The zero-order valence-electron chi connectivity index (χ0n) is 16.4. The van der Waals surface area contributed by atoms with E-state index in [4.69, 9.17) is 0 Å². The van der Waals surface area contributed by atoms with Crippen molar-refractivity contribution in [3.05, 3.63) is 72.3 Å². The van der Waals surface area contributed by atoms with Crippen LogP contribution in [0.15, 0.2) is 71.6 Å². The number of fused-ring (bicyclic) bond motifs is 1. The quantitative estimate of drug-likeness (QED) is 0.647. The van der Waals surface area contributed by atoms with Crippen molar-refractivity contribution in [1.82, 2.24) is 4.31 Å². The van der Waals surface area contributed by atoms with E-state index in [2.05, 4.69) is 0 Å². The highest BCUT2D eigenvalue weighted by molar-refractivity contribution is 7.89. The third-order valence-electron chi connectivity index (χ3n) is 5.46. The Hall–Kier alpha value is -2.70. The van der Waals surface area contributed by atoms with E-state index in [0.717, 1.165) is 35.7 Å². The van der Waals surface area contributed by atoms with Crippen LogP contribution < -0.4 is 4.90 Å². The molecule has 4 rings (SSSR count). The van der Waals surface area contributed by atoms with Gasteiger partial charge in [-0.2, -0.15) is 4.31 Å². The van der Waals surface area contributed by atoms with Crippen LogP contribution >= 0.6 is 0 Å². The fraction of sp³-hybridized carbons (Fsp3) is 0.261. The summed E-state index contributed by atoms with van der Waals surface area (Å²) < 4.78 is 27.4. The van der Waals surface area contributed by atoms with Crippen LogP contribution in [0.5, 0.6) is 0 Å². The molecule has 1 heterocycles. The maximum absolute atomic E-state index is 13.1. The normalized spacial score (nSPS) is 15.3. The minimum absolute atomic E-state index is 0.178. The minimum atomic E-state index is -3.57. The van der Waals surface area contributed by atoms with Crippen LogP contribution in [0, 0.1) is 0 Å². The van der Waals surface area contributed by atoms with Crippen molar-refractivity contribution in [3.8, 4) is 0 Å². The highest BCUT2D eigenvalue weighted by Crippen LogP contribution is 2.25. The Morgan fingerprint density at radius 3 is 2.34 bits per heavy atom. The Kier molecular flexibility index (Phi) is 5.39. The molecule has 0 saturated carbocycles. The molecule has 0 spiro atoms. The topological polar surface area (TPSA) is 57.7 Å². The fourth-order valence-corrected chi connectivity index (χ4v) is 5.30. The van der Waals surface area contributed by atoms with E-state index in [0.29, 0.717) is 18.7 Å². The molecule has 6 heteroatoms. The Balaban J connectivity index is 1.62. The van der Waals surface area contributed by atoms with Gasteiger partial charge in [0.25, 0.3) is 5.91 Å². The SMILES string of the molecule is CN(C(=O)c1cccc(S(=O)(=O)N2CCCCC2)c1)c1ccc2ccccc2c1. The van der Waals surface area contributed by atoms with Gasteiger partial charge in [0.1, 0.15) is 0 Å². The van der Waals surface area contributed by atoms with Crippen molar-refractivity contribution < 1.29 is 13.2 Å². The van der Waals surface area contributed by atoms with Gasteiger partial charge in [-0.05, 0) is 53.9 Å². The van der Waals surface area contributed by atoms with Crippen molar-refractivity contribution in [2.75, 3.05) is 25.0 Å². The first-order chi connectivity index (χ1) is 14.0. The molecule has 0 aromatic heterocycles. The Labute approximate surface area is 171 Å². The predicted molar refractivity (Wildman–Crippen MR) is 116 cm³/mol. The van der Waals surface area contributed by atoms with E-state index in [1.54, 1.807) is 30.1 Å². The zero-order chi connectivity index (χ0) is 20.4. The van der Waals surface area contributed by atoms with Crippen LogP contribution in [0.25, 0.3) is 10.8 Å². The van der Waals surface area contributed by atoms with E-state index in [-0.39, 0.29) is 10.8 Å². The standard InChI is InChI=1S/C23H24N2O3S/c1-24(21-13-12-18-8-3-4-9-19(18)16-21)23(26)20-10-7-11-22(17-20)29(27,28)25-14-5-2-6-15-25/h3-4,7-13,16-17H,2,5-6,14-15H2,1H3. The molecule has 5 nitrogen and oxygen atoms in total. The van der Waals surface area contributed by atoms with Crippen LogP contribution in [-0.4, -0.2) is 38.8 Å². The number of carbonyl (C=O) groups is 1. The van der Waals surface area contributed by atoms with Gasteiger partial charge in [-0.25, -0.2) is 8.42 Å². The van der Waals surface area contributed by atoms with Gasteiger partial charge in [0.15, 0.2) is 0 Å². The number of hydrogen-bond donors (Lipinski definition) is 0. The Bertz CT molecular complexity index is 1150. The van der Waals surface area contributed by atoms with Gasteiger partial charge < -0.3 is 4.90 Å². The van der Waals surface area contributed by atoms with Crippen LogP contribution in [0.1, 0.15) is 29.6 Å². The van der Waals surface area contributed by atoms with E-state index in [1.165, 1.54) is 10.4 Å². The summed E-state index contributed by atoms with van der Waals surface area (Å²) in [5.74, 6) is -0.240. The van der Waals surface area contributed by atoms with Crippen LogP contribution in [0.3, 0.4) is 0 Å². The molecule has 0 aliphatic carbocycles. The second kappa shape index (κ2) is 7.97. The number of rotatable bonds is 4. The summed E-state index contributed by atoms with van der Waals surface area (Å²) in [5, 5.41) is 2.15. The molecule has 3 aromatic rings. The lowest BCUT2D eigenvalue weighted by Gasteiger charge is -2.26. The number of nitrogens with zero attached hydrogens (tertiary/aromatic N) is 2. The molecule has 1 fully saturated rings. The van der Waals surface area contributed by atoms with Gasteiger partial charge in [0.2, 0.25) is 10.0 Å². The lowest BCUT2D eigenvalue weighted by Crippen LogP contribution is -2.35. The first kappa shape index (κ1) is 19.6. The van der Waals surface area contributed by atoms with Crippen LogP contribution in [0.4, 0.5) is 5.69 Å². The number of hydrogen-bond acceptors (Lipinski definition) is 3. The summed E-state index contributed by atoms with van der Waals surface area (Å²) in [6.07, 6.45) is 2.81. The van der Waals surface area contributed by atoms with Crippen molar-refractivity contribution >= 4 is 32.4 Å². The fourth-order valence-electron chi connectivity index (χ4n) is 3.74. The summed E-state index contributed by atoms with van der Waals surface area (Å²) in [6.45, 7) is 1.08. The minimum Gasteiger partial charge on any atom is -0.311 e. The molecule has 0 unspecified atom stereocenters. The largest absolute Gasteiger partial charge is 0.311 e. The van der Waals surface area contributed by atoms with Crippen LogP contribution in [-0.2, 0) is 10.0 Å². The van der Waals surface area contributed by atoms with Gasteiger partial charge in [-0.1, -0.05) is 42.8 Å². The molecule has 0 bridgehead atoms. The van der Waals surface area contributed by atoms with Crippen molar-refractivity contribution in [3.63, 3.8) is 0 Å². The summed E-state index contributed by atoms with van der Waals surface area (Å²) >= 11 is 0. The average molecular weight is 409 g/mol. The first-order valence-electron chi connectivity index (χ1n) is 9.84. The number of carbonyl (C=O) groups excluding carboxylic acids is 1. The van der Waals surface area contributed by atoms with Gasteiger partial charge in [0.05, 0.1) is 4.90 Å². The molecular formula is C23H24N2O3S. The molecule has 29 heavy (non-hydrogen) atoms. The molecule has 150 valence electrons. The molecule has 0 radical (unpaired) electrons. The lowest BCUT2D eigenvalue weighted by molar-refractivity contribution is 0.0993. The van der Waals surface area contributed by atoms with E-state index in [9.17, 15) is 13.2 Å². The van der Waals surface area contributed by atoms with Crippen molar-refractivity contribution in [1.29, 1.82) is 0 Å². The summed E-state index contributed by atoms with van der Waals surface area (Å²) in [4.78, 5) is 14.8. The molecular weight excluding hydrogens is 384 g/mol. The Morgan fingerprint density at radius 1 is 0.862 bits per heavy atom. The molecule has 0 N–H and O–H groups in total. The highest BCUT2D eigenvalue weighted by Gasteiger charge is 2.27. The van der Waals surface area contributed by atoms with Crippen LogP contribution in [0.2, 0.25) is 0 Å². The summed E-state index contributed by atoms with van der Waals surface area (Å²) in [5.41, 5.74) is 1.12. The number of anilines is 1. The summed E-state index contributed by atoms with van der Waals surface area (Å²) in [7, 11) is -1.87. The smallest absolute Gasteiger partial charge is 0.258 e. The lowest BCUT2D eigenvalue weighted by atomic mass is 10.1. The number of sulfonamides is 1. The highest BCUT2D eigenvalue weighted by atomic mass is 32.2. The summed E-state index contributed by atoms with van der Waals surface area (Å²) in [6, 6.07) is 20.2. The molecule has 0 atom stereocenters. The zero-order valence-corrected chi connectivity index (χ0v) is 17.2. The monoisotopic (exact) mass is 408 g/mol. The molecule has 1 saturated heterocycles. The van der Waals surface area contributed by atoms with E-state index < -0.39 is 10.0 Å². The van der Waals surface area contributed by atoms with Gasteiger partial charge >= 0.3 is 0 Å². The van der Waals surface area contributed by atoms with E-state index in [1.807, 2.05) is 42.5 Å². The predicted octanol–water partition coefficient (Wildman–Crippen LogP) is 4.29. The van der Waals surface area contributed by atoms with Gasteiger partial charge in [-0.15, -0.1) is 0 Å². The molecule has 1 aliphatic heterocycles. The Morgan fingerprint density at radius 2 is 1.59 bits per heavy atom. The number of benzene rings is 3. The maximum atomic E-state index is 13.1. The van der Waals surface area contributed by atoms with Crippen molar-refractivity contribution in [2.24, 2.45) is 0 Å². The van der Waals surface area contributed by atoms with Gasteiger partial charge in [-0.3, -0.25) is 4.79 Å². The van der Waals surface area contributed by atoms with Gasteiger partial charge in [0, 0.05) is 31.4 Å². The molecule has 3 aromatic carbocycles. The third kappa shape index (κ3) is 3.91. The molecule has 1 amide bonds. The number of amides is 1. The van der Waals surface area contributed by atoms with E-state index >= 15 is 0 Å². The average Bonchev–Trinajstić information content (AvgIpc) is 2.78. The second-order valence-corrected chi connectivity index (χ2v) is 9.33. The third-order valence-corrected chi connectivity index (χ3v) is 7.35. The maximum Gasteiger partial charge on any atom is 0.258 e. The first-order valence-corrected chi connectivity index (χ1v) is 11.3. The van der Waals surface area contributed by atoms with Crippen molar-refractivity contribution in [2.45, 2.75) is 24.2 Å².